The molecule has 1 aliphatic rings. The van der Waals surface area contributed by atoms with Gasteiger partial charge >= 0.3 is 5.97 Å². The van der Waals surface area contributed by atoms with Gasteiger partial charge in [0.05, 0.1) is 12.7 Å². The van der Waals surface area contributed by atoms with Crippen LogP contribution in [-0.4, -0.2) is 25.0 Å². The third-order valence-electron chi connectivity index (χ3n) is 4.07. The van der Waals surface area contributed by atoms with E-state index in [1.807, 2.05) is 24.3 Å². The molecule has 0 bridgehead atoms. The molecule has 2 unspecified atom stereocenters. The molecule has 7 heteroatoms. The number of hydrogen-bond donors (Lipinski definition) is 3. The molecule has 1 heterocycles. The summed E-state index contributed by atoms with van der Waals surface area (Å²) in [7, 11) is 1.33. The Morgan fingerprint density at radius 1 is 1.12 bits per heavy atom. The number of benzene rings is 2. The molecule has 2 aromatic carbocycles. The molecule has 25 heavy (non-hydrogen) atoms. The Morgan fingerprint density at radius 2 is 1.84 bits per heavy atom. The van der Waals surface area contributed by atoms with Crippen molar-refractivity contribution >= 4 is 29.2 Å². The molecule has 1 amide bonds. The SMILES string of the molecule is COC(=O)c1ccc(NC(=O)C2CC(c3ccccc3Cl)NN2)cc1. The summed E-state index contributed by atoms with van der Waals surface area (Å²) in [6.07, 6.45) is 0.579. The number of ether oxygens (including phenoxy) is 1. The van der Waals surface area contributed by atoms with Crippen LogP contribution < -0.4 is 16.2 Å². The van der Waals surface area contributed by atoms with Crippen molar-refractivity contribution in [1.29, 1.82) is 0 Å². The summed E-state index contributed by atoms with van der Waals surface area (Å²) in [6, 6.07) is 13.7. The van der Waals surface area contributed by atoms with Gasteiger partial charge < -0.3 is 10.1 Å². The van der Waals surface area contributed by atoms with Crippen LogP contribution in [0, 0.1) is 0 Å². The van der Waals surface area contributed by atoms with Crippen LogP contribution >= 0.6 is 11.6 Å². The van der Waals surface area contributed by atoms with E-state index in [-0.39, 0.29) is 18.0 Å². The molecule has 2 aromatic rings. The quantitative estimate of drug-likeness (QED) is 0.731. The maximum Gasteiger partial charge on any atom is 0.337 e. The van der Waals surface area contributed by atoms with E-state index in [1.165, 1.54) is 7.11 Å². The van der Waals surface area contributed by atoms with Gasteiger partial charge in [-0.1, -0.05) is 29.8 Å². The summed E-state index contributed by atoms with van der Waals surface area (Å²) >= 11 is 6.21. The second-order valence-corrected chi connectivity index (χ2v) is 6.12. The number of hydrogen-bond acceptors (Lipinski definition) is 5. The Kier molecular flexibility index (Phi) is 5.33. The lowest BCUT2D eigenvalue weighted by Crippen LogP contribution is -2.39. The van der Waals surface area contributed by atoms with E-state index in [2.05, 4.69) is 20.9 Å². The summed E-state index contributed by atoms with van der Waals surface area (Å²) < 4.78 is 4.65. The van der Waals surface area contributed by atoms with E-state index in [0.29, 0.717) is 22.7 Å². The van der Waals surface area contributed by atoms with Gasteiger partial charge in [0.25, 0.3) is 0 Å². The number of carbonyl (C=O) groups excluding carboxylic acids is 2. The Balaban J connectivity index is 1.61. The molecule has 2 atom stereocenters. The van der Waals surface area contributed by atoms with Crippen LogP contribution in [0.25, 0.3) is 0 Å². The van der Waals surface area contributed by atoms with Crippen molar-refractivity contribution in [1.82, 2.24) is 10.9 Å². The summed E-state index contributed by atoms with van der Waals surface area (Å²) in [5.41, 5.74) is 8.10. The molecule has 0 aromatic heterocycles. The van der Waals surface area contributed by atoms with Gasteiger partial charge in [-0.2, -0.15) is 0 Å². The lowest BCUT2D eigenvalue weighted by molar-refractivity contribution is -0.117. The van der Waals surface area contributed by atoms with Crippen molar-refractivity contribution in [2.75, 3.05) is 12.4 Å². The first-order valence-electron chi connectivity index (χ1n) is 7.83. The molecular weight excluding hydrogens is 342 g/mol. The van der Waals surface area contributed by atoms with Crippen molar-refractivity contribution in [3.05, 3.63) is 64.7 Å². The number of nitrogens with one attached hydrogen (secondary N) is 3. The Hall–Kier alpha value is -2.41. The number of hydrazine groups is 1. The Bertz CT molecular complexity index is 779. The van der Waals surface area contributed by atoms with E-state index < -0.39 is 5.97 Å². The van der Waals surface area contributed by atoms with Crippen molar-refractivity contribution in [3.63, 3.8) is 0 Å². The van der Waals surface area contributed by atoms with Gasteiger partial charge in [0, 0.05) is 16.8 Å². The van der Waals surface area contributed by atoms with Gasteiger partial charge in [-0.3, -0.25) is 4.79 Å². The van der Waals surface area contributed by atoms with E-state index >= 15 is 0 Å². The zero-order valence-corrected chi connectivity index (χ0v) is 14.3. The van der Waals surface area contributed by atoms with Gasteiger partial charge in [0.15, 0.2) is 0 Å². The van der Waals surface area contributed by atoms with E-state index in [1.54, 1.807) is 24.3 Å². The van der Waals surface area contributed by atoms with Crippen LogP contribution in [0.15, 0.2) is 48.5 Å². The first-order valence-corrected chi connectivity index (χ1v) is 8.21. The highest BCUT2D eigenvalue weighted by molar-refractivity contribution is 6.31. The average molecular weight is 360 g/mol. The van der Waals surface area contributed by atoms with Gasteiger partial charge in [-0.25, -0.2) is 15.6 Å². The predicted octanol–water partition coefficient (Wildman–Crippen LogP) is 2.67. The van der Waals surface area contributed by atoms with Crippen LogP contribution in [0.5, 0.6) is 0 Å². The number of anilines is 1. The fraction of sp³-hybridized carbons (Fsp3) is 0.222. The van der Waals surface area contributed by atoms with E-state index in [9.17, 15) is 9.59 Å². The minimum atomic E-state index is -0.415. The molecule has 0 spiro atoms. The zero-order chi connectivity index (χ0) is 17.8. The van der Waals surface area contributed by atoms with Crippen molar-refractivity contribution < 1.29 is 14.3 Å². The smallest absolute Gasteiger partial charge is 0.337 e. The summed E-state index contributed by atoms with van der Waals surface area (Å²) in [5, 5.41) is 3.50. The number of carbonyl (C=O) groups is 2. The largest absolute Gasteiger partial charge is 0.465 e. The van der Waals surface area contributed by atoms with Gasteiger partial charge in [-0.05, 0) is 42.3 Å². The molecule has 1 fully saturated rings. The Morgan fingerprint density at radius 3 is 2.52 bits per heavy atom. The zero-order valence-electron chi connectivity index (χ0n) is 13.6. The van der Waals surface area contributed by atoms with Gasteiger partial charge in [0.2, 0.25) is 5.91 Å². The van der Waals surface area contributed by atoms with Crippen molar-refractivity contribution in [3.8, 4) is 0 Å². The van der Waals surface area contributed by atoms with Crippen molar-refractivity contribution in [2.45, 2.75) is 18.5 Å². The van der Waals surface area contributed by atoms with Crippen LogP contribution in [0.1, 0.15) is 28.4 Å². The monoisotopic (exact) mass is 359 g/mol. The molecule has 0 aliphatic carbocycles. The number of halogens is 1. The number of methoxy groups -OCH3 is 1. The lowest BCUT2D eigenvalue weighted by atomic mass is 10.0. The first kappa shape index (κ1) is 17.4. The highest BCUT2D eigenvalue weighted by atomic mass is 35.5. The summed E-state index contributed by atoms with van der Waals surface area (Å²) in [5.74, 6) is -0.574. The molecule has 0 saturated carbocycles. The van der Waals surface area contributed by atoms with Crippen LogP contribution in [0.4, 0.5) is 5.69 Å². The second-order valence-electron chi connectivity index (χ2n) is 5.71. The number of amides is 1. The number of rotatable bonds is 4. The molecule has 3 N–H and O–H groups in total. The maximum absolute atomic E-state index is 12.4. The van der Waals surface area contributed by atoms with Crippen LogP contribution in [0.2, 0.25) is 5.02 Å². The fourth-order valence-electron chi connectivity index (χ4n) is 2.73. The van der Waals surface area contributed by atoms with Crippen LogP contribution in [0.3, 0.4) is 0 Å². The van der Waals surface area contributed by atoms with E-state index in [0.717, 1.165) is 5.56 Å². The summed E-state index contributed by atoms with van der Waals surface area (Å²) in [4.78, 5) is 23.8. The lowest BCUT2D eigenvalue weighted by Gasteiger charge is -2.12. The predicted molar refractivity (Wildman–Crippen MR) is 95.3 cm³/mol. The third kappa shape index (κ3) is 3.99. The summed E-state index contributed by atoms with van der Waals surface area (Å²) in [6.45, 7) is 0. The molecule has 130 valence electrons. The maximum atomic E-state index is 12.4. The first-order chi connectivity index (χ1) is 12.1. The fourth-order valence-corrected chi connectivity index (χ4v) is 2.99. The minimum Gasteiger partial charge on any atom is -0.465 e. The van der Waals surface area contributed by atoms with Gasteiger partial charge in [-0.15, -0.1) is 0 Å². The third-order valence-corrected chi connectivity index (χ3v) is 4.42. The molecular formula is C18H18ClN3O3. The highest BCUT2D eigenvalue weighted by Crippen LogP contribution is 2.28. The van der Waals surface area contributed by atoms with Crippen LogP contribution in [-0.2, 0) is 9.53 Å². The topological polar surface area (TPSA) is 79.5 Å². The normalized spacial score (nSPS) is 19.4. The highest BCUT2D eigenvalue weighted by Gasteiger charge is 2.31. The molecule has 1 aliphatic heterocycles. The molecule has 1 saturated heterocycles. The number of esters is 1. The molecule has 0 radical (unpaired) electrons. The molecule has 3 rings (SSSR count). The van der Waals surface area contributed by atoms with Gasteiger partial charge in [0.1, 0.15) is 6.04 Å². The van der Waals surface area contributed by atoms with Crippen molar-refractivity contribution in [2.24, 2.45) is 0 Å². The minimum absolute atomic E-state index is 0.0360. The standard InChI is InChI=1S/C18H18ClN3O3/c1-25-18(24)11-6-8-12(9-7-11)20-17(23)16-10-15(21-22-16)13-4-2-3-5-14(13)19/h2-9,15-16,21-22H,10H2,1H3,(H,20,23). The Labute approximate surface area is 150 Å². The van der Waals surface area contributed by atoms with E-state index in [4.69, 9.17) is 11.6 Å². The average Bonchev–Trinajstić information content (AvgIpc) is 3.12. The molecule has 6 nitrogen and oxygen atoms in total. The second kappa shape index (κ2) is 7.65.